The maximum Gasteiger partial charge on any atom is 0.303 e. The molecule has 6 heteroatoms. The number of halogens is 1. The van der Waals surface area contributed by atoms with Crippen LogP contribution in [0.3, 0.4) is 0 Å². The average Bonchev–Trinajstić information content (AvgIpc) is 3.24. The summed E-state index contributed by atoms with van der Waals surface area (Å²) in [5.41, 5.74) is 6.76. The van der Waals surface area contributed by atoms with Crippen molar-refractivity contribution in [3.63, 3.8) is 0 Å². The Morgan fingerprint density at radius 1 is 1.09 bits per heavy atom. The summed E-state index contributed by atoms with van der Waals surface area (Å²) >= 11 is 6.10. The first-order chi connectivity index (χ1) is 16.4. The van der Waals surface area contributed by atoms with Crippen LogP contribution in [-0.2, 0) is 18.3 Å². The lowest BCUT2D eigenvalue weighted by Gasteiger charge is -2.28. The third-order valence-corrected chi connectivity index (χ3v) is 7.34. The van der Waals surface area contributed by atoms with Gasteiger partial charge in [0.15, 0.2) is 11.9 Å². The van der Waals surface area contributed by atoms with Gasteiger partial charge in [-0.25, -0.2) is 9.55 Å². The van der Waals surface area contributed by atoms with Crippen LogP contribution in [-0.4, -0.2) is 21.0 Å². The van der Waals surface area contributed by atoms with Gasteiger partial charge in [-0.05, 0) is 72.9 Å². The molecule has 5 rings (SSSR count). The molecule has 0 spiro atoms. The van der Waals surface area contributed by atoms with Crippen molar-refractivity contribution in [2.45, 2.75) is 44.4 Å². The van der Waals surface area contributed by atoms with Crippen LogP contribution in [0.2, 0.25) is 5.02 Å². The van der Waals surface area contributed by atoms with Gasteiger partial charge < -0.3 is 10.1 Å². The van der Waals surface area contributed by atoms with Crippen LogP contribution in [0.25, 0.3) is 22.4 Å². The number of carboxylic acid groups (broad SMARTS) is 1. The maximum atomic E-state index is 11.0. The number of nitrogens with zero attached hydrogens (tertiary/aromatic N) is 2. The second kappa shape index (κ2) is 9.59. The zero-order valence-corrected chi connectivity index (χ0v) is 20.1. The number of rotatable bonds is 6. The summed E-state index contributed by atoms with van der Waals surface area (Å²) in [6.45, 7) is 0. The van der Waals surface area contributed by atoms with E-state index in [0.29, 0.717) is 23.3 Å². The van der Waals surface area contributed by atoms with Crippen molar-refractivity contribution in [3.05, 3.63) is 82.6 Å². The molecular formula is C28H29ClN3O2+. The van der Waals surface area contributed by atoms with E-state index in [0.717, 1.165) is 54.5 Å². The Morgan fingerprint density at radius 2 is 1.85 bits per heavy atom. The molecule has 0 aliphatic heterocycles. The van der Waals surface area contributed by atoms with Crippen molar-refractivity contribution in [1.29, 1.82) is 0 Å². The molecule has 174 valence electrons. The molecule has 4 aromatic rings. The van der Waals surface area contributed by atoms with E-state index in [2.05, 4.69) is 59.2 Å². The predicted molar refractivity (Wildman–Crippen MR) is 134 cm³/mol. The predicted octanol–water partition coefficient (Wildman–Crippen LogP) is 6.05. The van der Waals surface area contributed by atoms with E-state index in [-0.39, 0.29) is 0 Å². The molecule has 0 bridgehead atoms. The van der Waals surface area contributed by atoms with Crippen LogP contribution in [0, 0.1) is 5.92 Å². The summed E-state index contributed by atoms with van der Waals surface area (Å²) in [4.78, 5) is 19.0. The lowest BCUT2D eigenvalue weighted by Crippen LogP contribution is -2.33. The number of fused-ring (bicyclic) bond motifs is 1. The normalized spacial score (nSPS) is 18.3. The van der Waals surface area contributed by atoms with Gasteiger partial charge in [0.25, 0.3) is 0 Å². The second-order valence-corrected chi connectivity index (χ2v) is 9.94. The number of aromatic nitrogens is 3. The molecule has 2 aromatic carbocycles. The van der Waals surface area contributed by atoms with Crippen LogP contribution in [0.15, 0.2) is 60.8 Å². The molecule has 2 N–H and O–H groups in total. The first-order valence-electron chi connectivity index (χ1n) is 11.9. The number of benzene rings is 2. The van der Waals surface area contributed by atoms with Crippen LogP contribution < -0.4 is 4.57 Å². The highest BCUT2D eigenvalue weighted by atomic mass is 35.5. The quantitative estimate of drug-likeness (QED) is 0.334. The Balaban J connectivity index is 1.25. The number of aromatic amines is 1. The van der Waals surface area contributed by atoms with E-state index in [1.165, 1.54) is 16.8 Å². The van der Waals surface area contributed by atoms with Gasteiger partial charge in [0.05, 0.1) is 23.0 Å². The number of carbonyl (C=O) groups is 1. The molecule has 0 amide bonds. The fourth-order valence-corrected chi connectivity index (χ4v) is 5.32. The van der Waals surface area contributed by atoms with Crippen LogP contribution in [0.1, 0.15) is 54.8 Å². The summed E-state index contributed by atoms with van der Waals surface area (Å²) in [7, 11) is 2.07. The number of hydrogen-bond acceptors (Lipinski definition) is 2. The number of aryl methyl sites for hydroxylation is 1. The van der Waals surface area contributed by atoms with Crippen LogP contribution in [0.4, 0.5) is 0 Å². The first-order valence-corrected chi connectivity index (χ1v) is 12.3. The fraction of sp³-hybridized carbons (Fsp3) is 0.321. The van der Waals surface area contributed by atoms with Gasteiger partial charge in [0, 0.05) is 17.5 Å². The van der Waals surface area contributed by atoms with Gasteiger partial charge in [0.2, 0.25) is 0 Å². The van der Waals surface area contributed by atoms with Crippen molar-refractivity contribution in [2.24, 2.45) is 13.0 Å². The number of nitrogens with one attached hydrogen (secondary N) is 1. The number of H-pyrrole nitrogens is 1. The molecule has 1 fully saturated rings. The SMILES string of the molecule is C[n+]1cc(-c2nc3ccc(Cl)cc3[nH]2)ccc1Cc1ccc(C2CCC(CC(=O)O)CC2)cc1. The molecule has 2 heterocycles. The average molecular weight is 475 g/mol. The molecule has 0 saturated heterocycles. The zero-order valence-electron chi connectivity index (χ0n) is 19.3. The highest BCUT2D eigenvalue weighted by molar-refractivity contribution is 6.31. The van der Waals surface area contributed by atoms with Gasteiger partial charge in [-0.1, -0.05) is 35.9 Å². The molecule has 1 saturated carbocycles. The standard InChI is InChI=1S/C28H28ClN3O2/c1-32-17-22(28-30-25-13-11-23(29)16-26(25)31-28)10-12-24(32)14-18-2-6-20(7-3-18)21-8-4-19(5-9-21)15-27(33)34/h2-3,6-7,10-13,16-17,19,21H,4-5,8-9,14-15H2,1H3,(H-,30,31,33,34)/p+1. The summed E-state index contributed by atoms with van der Waals surface area (Å²) < 4.78 is 2.16. The lowest BCUT2D eigenvalue weighted by atomic mass is 9.77. The highest BCUT2D eigenvalue weighted by Gasteiger charge is 2.24. The molecular weight excluding hydrogens is 446 g/mol. The third kappa shape index (κ3) is 5.00. The number of carboxylic acids is 1. The molecule has 34 heavy (non-hydrogen) atoms. The summed E-state index contributed by atoms with van der Waals surface area (Å²) in [5, 5.41) is 9.72. The van der Waals surface area contributed by atoms with Crippen molar-refractivity contribution in [3.8, 4) is 11.4 Å². The number of imidazole rings is 1. The Hall–Kier alpha value is -3.18. The van der Waals surface area contributed by atoms with Gasteiger partial charge in [-0.15, -0.1) is 0 Å². The molecule has 1 aliphatic carbocycles. The van der Waals surface area contributed by atoms with Gasteiger partial charge in [-0.3, -0.25) is 4.79 Å². The monoisotopic (exact) mass is 474 g/mol. The molecule has 2 aromatic heterocycles. The van der Waals surface area contributed by atoms with Crippen LogP contribution >= 0.6 is 11.6 Å². The van der Waals surface area contributed by atoms with E-state index < -0.39 is 5.97 Å². The molecule has 0 atom stereocenters. The Morgan fingerprint density at radius 3 is 2.56 bits per heavy atom. The second-order valence-electron chi connectivity index (χ2n) is 9.50. The van der Waals surface area contributed by atoms with Gasteiger partial charge in [-0.2, -0.15) is 0 Å². The molecule has 5 nitrogen and oxygen atoms in total. The zero-order chi connectivity index (χ0) is 23.7. The van der Waals surface area contributed by atoms with Crippen molar-refractivity contribution in [1.82, 2.24) is 9.97 Å². The van der Waals surface area contributed by atoms with Crippen LogP contribution in [0.5, 0.6) is 0 Å². The van der Waals surface area contributed by atoms with Crippen molar-refractivity contribution < 1.29 is 14.5 Å². The largest absolute Gasteiger partial charge is 0.481 e. The summed E-state index contributed by atoms with van der Waals surface area (Å²) in [6, 6.07) is 18.9. The maximum absolute atomic E-state index is 11.0. The van der Waals surface area contributed by atoms with E-state index in [4.69, 9.17) is 21.7 Å². The number of hydrogen-bond donors (Lipinski definition) is 2. The number of pyridine rings is 1. The fourth-order valence-electron chi connectivity index (χ4n) is 5.14. The Labute approximate surface area is 204 Å². The van der Waals surface area contributed by atoms with E-state index in [1.807, 2.05) is 18.2 Å². The molecule has 1 aliphatic rings. The first kappa shape index (κ1) is 22.6. The Kier molecular flexibility index (Phi) is 6.38. The number of aliphatic carboxylic acids is 1. The van der Waals surface area contributed by atoms with E-state index in [1.54, 1.807) is 0 Å². The van der Waals surface area contributed by atoms with Gasteiger partial charge >= 0.3 is 5.97 Å². The summed E-state index contributed by atoms with van der Waals surface area (Å²) in [6.07, 6.45) is 7.48. The molecule has 0 radical (unpaired) electrons. The summed E-state index contributed by atoms with van der Waals surface area (Å²) in [5.74, 6) is 1.06. The van der Waals surface area contributed by atoms with Crippen molar-refractivity contribution >= 4 is 28.6 Å². The minimum Gasteiger partial charge on any atom is -0.481 e. The third-order valence-electron chi connectivity index (χ3n) is 7.10. The van der Waals surface area contributed by atoms with Gasteiger partial charge in [0.1, 0.15) is 12.9 Å². The van der Waals surface area contributed by atoms with E-state index >= 15 is 0 Å². The van der Waals surface area contributed by atoms with E-state index in [9.17, 15) is 4.79 Å². The minimum absolute atomic E-state index is 0.312. The Bertz CT molecular complexity index is 1320. The van der Waals surface area contributed by atoms with Crippen molar-refractivity contribution in [2.75, 3.05) is 0 Å². The lowest BCUT2D eigenvalue weighted by molar-refractivity contribution is -0.678. The minimum atomic E-state index is -0.670. The topological polar surface area (TPSA) is 69.9 Å². The highest BCUT2D eigenvalue weighted by Crippen LogP contribution is 2.37. The molecule has 0 unspecified atom stereocenters. The smallest absolute Gasteiger partial charge is 0.303 e.